The Morgan fingerprint density at radius 2 is 2.10 bits per heavy atom. The minimum absolute atomic E-state index is 0.0537. The first-order chi connectivity index (χ1) is 9.58. The molecule has 6 heteroatoms. The molecule has 2 heterocycles. The molecule has 0 bridgehead atoms. The molecule has 3 rings (SSSR count). The van der Waals surface area contributed by atoms with Crippen LogP contribution in [0.25, 0.3) is 10.9 Å². The van der Waals surface area contributed by atoms with Gasteiger partial charge < -0.3 is 10.2 Å². The fraction of sp³-hybridized carbons (Fsp3) is 0.429. The lowest BCUT2D eigenvalue weighted by atomic mass is 9.80. The highest BCUT2D eigenvalue weighted by Gasteiger charge is 2.35. The molecule has 0 unspecified atom stereocenters. The monoisotopic (exact) mass is 338 g/mol. The van der Waals surface area contributed by atoms with Crippen molar-refractivity contribution < 1.29 is 10.2 Å². The molecule has 0 amide bonds. The van der Waals surface area contributed by atoms with Crippen molar-refractivity contribution in [2.24, 2.45) is 5.41 Å². The number of aliphatic hydroxyl groups is 2. The van der Waals surface area contributed by atoms with Gasteiger partial charge in [-0.05, 0) is 24.6 Å². The van der Waals surface area contributed by atoms with E-state index in [4.69, 9.17) is 0 Å². The highest BCUT2D eigenvalue weighted by molar-refractivity contribution is 9.10. The molecule has 0 saturated heterocycles. The van der Waals surface area contributed by atoms with Crippen molar-refractivity contribution in [1.82, 2.24) is 9.55 Å². The Labute approximate surface area is 124 Å². The van der Waals surface area contributed by atoms with Crippen LogP contribution in [0.15, 0.2) is 27.5 Å². The van der Waals surface area contributed by atoms with Crippen LogP contribution in [-0.4, -0.2) is 33.0 Å². The van der Waals surface area contributed by atoms with E-state index in [0.717, 1.165) is 4.47 Å². The Kier molecular flexibility index (Phi) is 3.40. The van der Waals surface area contributed by atoms with E-state index in [1.165, 1.54) is 0 Å². The zero-order chi connectivity index (χ0) is 14.3. The third-order valence-corrected chi connectivity index (χ3v) is 4.56. The molecule has 20 heavy (non-hydrogen) atoms. The lowest BCUT2D eigenvalue weighted by Gasteiger charge is -2.35. The summed E-state index contributed by atoms with van der Waals surface area (Å²) < 4.78 is 2.52. The number of hydrogen-bond donors (Lipinski definition) is 2. The predicted molar refractivity (Wildman–Crippen MR) is 78.6 cm³/mol. The number of rotatable bonds is 2. The third-order valence-electron chi connectivity index (χ3n) is 4.07. The smallest absolute Gasteiger partial charge is 0.261 e. The second kappa shape index (κ2) is 4.95. The molecule has 1 aromatic carbocycles. The maximum Gasteiger partial charge on any atom is 0.261 e. The number of benzene rings is 1. The minimum Gasteiger partial charge on any atom is -0.396 e. The Hall–Kier alpha value is -1.24. The lowest BCUT2D eigenvalue weighted by Crippen LogP contribution is -2.42. The van der Waals surface area contributed by atoms with Crippen molar-refractivity contribution >= 4 is 26.8 Å². The molecule has 0 atom stereocenters. The SMILES string of the molecule is O=c1c2ccc(Br)cc2nc2n1CCC(CO)(CO)C2. The highest BCUT2D eigenvalue weighted by atomic mass is 79.9. The van der Waals surface area contributed by atoms with Gasteiger partial charge in [0, 0.05) is 22.9 Å². The van der Waals surface area contributed by atoms with E-state index >= 15 is 0 Å². The van der Waals surface area contributed by atoms with Crippen LogP contribution in [0, 0.1) is 5.41 Å². The Morgan fingerprint density at radius 3 is 2.80 bits per heavy atom. The number of aromatic nitrogens is 2. The molecular weight excluding hydrogens is 324 g/mol. The third kappa shape index (κ3) is 2.08. The van der Waals surface area contributed by atoms with E-state index < -0.39 is 5.41 Å². The van der Waals surface area contributed by atoms with Crippen LogP contribution in [0.5, 0.6) is 0 Å². The van der Waals surface area contributed by atoms with Gasteiger partial charge in [-0.15, -0.1) is 0 Å². The number of aliphatic hydroxyl groups excluding tert-OH is 2. The Bertz CT molecular complexity index is 722. The van der Waals surface area contributed by atoms with E-state index in [9.17, 15) is 15.0 Å². The first-order valence-electron chi connectivity index (χ1n) is 6.49. The topological polar surface area (TPSA) is 75.4 Å². The predicted octanol–water partition coefficient (Wildman–Crippen LogP) is 1.08. The molecule has 2 N–H and O–H groups in total. The van der Waals surface area contributed by atoms with E-state index in [1.807, 2.05) is 12.1 Å². The van der Waals surface area contributed by atoms with Crippen molar-refractivity contribution in [2.45, 2.75) is 19.4 Å². The molecule has 0 saturated carbocycles. The molecule has 2 aromatic rings. The second-order valence-corrected chi connectivity index (χ2v) is 6.30. The van der Waals surface area contributed by atoms with Crippen LogP contribution < -0.4 is 5.56 Å². The molecular formula is C14H15BrN2O3. The summed E-state index contributed by atoms with van der Waals surface area (Å²) in [6.45, 7) is 0.278. The number of hydrogen-bond acceptors (Lipinski definition) is 4. The van der Waals surface area contributed by atoms with Crippen LogP contribution in [-0.2, 0) is 13.0 Å². The van der Waals surface area contributed by atoms with Crippen LogP contribution in [0.1, 0.15) is 12.2 Å². The molecule has 0 radical (unpaired) electrons. The van der Waals surface area contributed by atoms with Gasteiger partial charge in [-0.25, -0.2) is 4.98 Å². The van der Waals surface area contributed by atoms with Gasteiger partial charge in [0.15, 0.2) is 0 Å². The van der Waals surface area contributed by atoms with E-state index in [2.05, 4.69) is 20.9 Å². The zero-order valence-corrected chi connectivity index (χ0v) is 12.4. The van der Waals surface area contributed by atoms with Gasteiger partial charge in [-0.3, -0.25) is 9.36 Å². The Morgan fingerprint density at radius 1 is 1.35 bits per heavy atom. The first kappa shape index (κ1) is 13.7. The number of fused-ring (bicyclic) bond motifs is 2. The minimum atomic E-state index is -0.570. The normalized spacial score (nSPS) is 17.1. The van der Waals surface area contributed by atoms with Crippen molar-refractivity contribution in [3.05, 3.63) is 38.9 Å². The first-order valence-corrected chi connectivity index (χ1v) is 7.29. The molecule has 5 nitrogen and oxygen atoms in total. The number of halogens is 1. The molecule has 0 fully saturated rings. The van der Waals surface area contributed by atoms with E-state index in [1.54, 1.807) is 10.6 Å². The van der Waals surface area contributed by atoms with Gasteiger partial charge in [0.25, 0.3) is 5.56 Å². The van der Waals surface area contributed by atoms with Gasteiger partial charge >= 0.3 is 0 Å². The molecule has 1 aromatic heterocycles. The summed E-state index contributed by atoms with van der Waals surface area (Å²) in [7, 11) is 0. The average molecular weight is 339 g/mol. The summed E-state index contributed by atoms with van der Waals surface area (Å²) in [5, 5.41) is 19.6. The molecule has 1 aliphatic heterocycles. The van der Waals surface area contributed by atoms with Gasteiger partial charge in [0.1, 0.15) is 5.82 Å². The lowest BCUT2D eigenvalue weighted by molar-refractivity contribution is 0.0311. The summed E-state index contributed by atoms with van der Waals surface area (Å²) in [4.78, 5) is 17.0. The Balaban J connectivity index is 2.20. The van der Waals surface area contributed by atoms with E-state index in [-0.39, 0.29) is 18.8 Å². The standard InChI is InChI=1S/C14H15BrN2O3/c15-9-1-2-10-11(5-9)16-12-6-14(7-18,8-19)3-4-17(12)13(10)20/h1-2,5,18-19H,3-4,6-8H2. The highest BCUT2D eigenvalue weighted by Crippen LogP contribution is 2.31. The average Bonchev–Trinajstić information content (AvgIpc) is 2.46. The summed E-state index contributed by atoms with van der Waals surface area (Å²) in [6.07, 6.45) is 0.994. The summed E-state index contributed by atoms with van der Waals surface area (Å²) in [5.74, 6) is 0.634. The largest absolute Gasteiger partial charge is 0.396 e. The van der Waals surface area contributed by atoms with Gasteiger partial charge in [-0.2, -0.15) is 0 Å². The van der Waals surface area contributed by atoms with E-state index in [0.29, 0.717) is 36.1 Å². The quantitative estimate of drug-likeness (QED) is 0.859. The maximum atomic E-state index is 12.5. The molecule has 0 spiro atoms. The molecule has 1 aliphatic rings. The van der Waals surface area contributed by atoms with Crippen LogP contribution >= 0.6 is 15.9 Å². The fourth-order valence-corrected chi connectivity index (χ4v) is 3.05. The van der Waals surface area contributed by atoms with Crippen molar-refractivity contribution in [1.29, 1.82) is 0 Å². The van der Waals surface area contributed by atoms with Crippen LogP contribution in [0.2, 0.25) is 0 Å². The number of nitrogens with zero attached hydrogens (tertiary/aromatic N) is 2. The summed E-state index contributed by atoms with van der Waals surface area (Å²) in [5.41, 5.74) is 0.0170. The van der Waals surface area contributed by atoms with Crippen molar-refractivity contribution in [2.75, 3.05) is 13.2 Å². The fourth-order valence-electron chi connectivity index (χ4n) is 2.70. The van der Waals surface area contributed by atoms with Crippen LogP contribution in [0.4, 0.5) is 0 Å². The van der Waals surface area contributed by atoms with Crippen LogP contribution in [0.3, 0.4) is 0 Å². The van der Waals surface area contributed by atoms with Gasteiger partial charge in [0.05, 0.1) is 24.1 Å². The second-order valence-electron chi connectivity index (χ2n) is 5.39. The summed E-state index contributed by atoms with van der Waals surface area (Å²) >= 11 is 3.37. The van der Waals surface area contributed by atoms with Crippen molar-refractivity contribution in [3.63, 3.8) is 0 Å². The summed E-state index contributed by atoms with van der Waals surface area (Å²) in [6, 6.07) is 5.40. The zero-order valence-electron chi connectivity index (χ0n) is 10.8. The maximum absolute atomic E-state index is 12.5. The molecule has 0 aliphatic carbocycles. The van der Waals surface area contributed by atoms with Crippen molar-refractivity contribution in [3.8, 4) is 0 Å². The van der Waals surface area contributed by atoms with Gasteiger partial charge in [-0.1, -0.05) is 15.9 Å². The van der Waals surface area contributed by atoms with Gasteiger partial charge in [0.2, 0.25) is 0 Å². The molecule has 106 valence electrons.